The topological polar surface area (TPSA) is 79.0 Å². The number of likely N-dealkylation sites (tertiary alicyclic amines) is 1. The number of hydrogen-bond acceptors (Lipinski definition) is 4. The number of amides is 2. The summed E-state index contributed by atoms with van der Waals surface area (Å²) in [5, 5.41) is 6.01. The largest absolute Gasteiger partial charge is 0.369 e. The number of hydrogen-bond donors (Lipinski definition) is 1. The van der Waals surface area contributed by atoms with E-state index in [1.165, 1.54) is 0 Å². The molecule has 122 valence electrons. The molecular weight excluding hydrogens is 292 g/mol. The summed E-state index contributed by atoms with van der Waals surface area (Å²) in [5.41, 5.74) is 7.40. The molecule has 0 radical (unpaired) electrons. The Balaban J connectivity index is 1.59. The average molecular weight is 314 g/mol. The predicted octanol–water partition coefficient (Wildman–Crippen LogP) is 0.820. The van der Waals surface area contributed by atoms with Gasteiger partial charge in [-0.25, -0.2) is 5.01 Å². The molecule has 1 saturated heterocycles. The fraction of sp³-hybridized carbons (Fsp3) is 0.471. The van der Waals surface area contributed by atoms with Gasteiger partial charge in [-0.3, -0.25) is 14.5 Å². The molecule has 23 heavy (non-hydrogen) atoms. The van der Waals surface area contributed by atoms with Gasteiger partial charge in [0.15, 0.2) is 0 Å². The van der Waals surface area contributed by atoms with Crippen LogP contribution in [0.2, 0.25) is 0 Å². The minimum Gasteiger partial charge on any atom is -0.369 e. The fourth-order valence-electron chi connectivity index (χ4n) is 3.17. The highest BCUT2D eigenvalue weighted by Gasteiger charge is 2.28. The third-order valence-corrected chi connectivity index (χ3v) is 4.46. The van der Waals surface area contributed by atoms with Crippen molar-refractivity contribution in [1.29, 1.82) is 0 Å². The number of nitrogens with zero attached hydrogens (tertiary/aromatic N) is 3. The van der Waals surface area contributed by atoms with Crippen LogP contribution in [0.25, 0.3) is 0 Å². The molecule has 2 N–H and O–H groups in total. The lowest BCUT2D eigenvalue weighted by atomic mass is 9.97. The molecule has 6 nitrogen and oxygen atoms in total. The summed E-state index contributed by atoms with van der Waals surface area (Å²) in [6.45, 7) is 2.33. The van der Waals surface area contributed by atoms with Gasteiger partial charge < -0.3 is 5.73 Å². The monoisotopic (exact) mass is 314 g/mol. The summed E-state index contributed by atoms with van der Waals surface area (Å²) in [6, 6.07) is 9.93. The highest BCUT2D eigenvalue weighted by Crippen LogP contribution is 2.18. The molecule has 2 amide bonds. The highest BCUT2D eigenvalue weighted by atomic mass is 16.2. The second kappa shape index (κ2) is 6.91. The molecule has 0 unspecified atom stereocenters. The van der Waals surface area contributed by atoms with Crippen LogP contribution in [-0.2, 0) is 9.59 Å². The first-order valence-corrected chi connectivity index (χ1v) is 8.08. The number of nitrogens with two attached hydrogens (primary N) is 1. The Morgan fingerprint density at radius 3 is 2.74 bits per heavy atom. The number of rotatable bonds is 4. The maximum absolute atomic E-state index is 12.4. The highest BCUT2D eigenvalue weighted by molar-refractivity contribution is 6.02. The number of carbonyl (C=O) groups excluding carboxylic acids is 2. The van der Waals surface area contributed by atoms with Crippen molar-refractivity contribution >= 4 is 17.5 Å². The normalized spacial score (nSPS) is 22.0. The molecule has 3 rings (SSSR count). The first-order chi connectivity index (χ1) is 11.1. The number of hydrazone groups is 1. The van der Waals surface area contributed by atoms with Crippen LogP contribution in [0.3, 0.4) is 0 Å². The van der Waals surface area contributed by atoms with Crippen LogP contribution >= 0.6 is 0 Å². The van der Waals surface area contributed by atoms with Crippen LogP contribution in [-0.4, -0.2) is 53.6 Å². The van der Waals surface area contributed by atoms with Crippen LogP contribution in [0.4, 0.5) is 0 Å². The lowest BCUT2D eigenvalue weighted by Crippen LogP contribution is -2.45. The summed E-state index contributed by atoms with van der Waals surface area (Å²) in [4.78, 5) is 25.8. The van der Waals surface area contributed by atoms with Gasteiger partial charge in [0, 0.05) is 13.0 Å². The van der Waals surface area contributed by atoms with Crippen molar-refractivity contribution in [2.24, 2.45) is 16.8 Å². The van der Waals surface area contributed by atoms with Gasteiger partial charge >= 0.3 is 0 Å². The van der Waals surface area contributed by atoms with E-state index >= 15 is 0 Å². The lowest BCUT2D eigenvalue weighted by molar-refractivity contribution is -0.133. The molecule has 0 aliphatic carbocycles. The molecule has 0 bridgehead atoms. The van der Waals surface area contributed by atoms with Crippen LogP contribution in [0.15, 0.2) is 35.4 Å². The summed E-state index contributed by atoms with van der Waals surface area (Å²) in [6.07, 6.45) is 2.50. The maximum atomic E-state index is 12.4. The molecule has 0 spiro atoms. The fourth-order valence-corrected chi connectivity index (χ4v) is 3.17. The van der Waals surface area contributed by atoms with E-state index in [1.54, 1.807) is 5.01 Å². The minimum atomic E-state index is -0.271. The Morgan fingerprint density at radius 2 is 2.00 bits per heavy atom. The SMILES string of the molecule is NC(=O)[C@H]1CCCN(CC(=O)N2CCC(c3ccccc3)=N2)C1. The maximum Gasteiger partial charge on any atom is 0.256 e. The Bertz CT molecular complexity index is 614. The van der Waals surface area contributed by atoms with E-state index in [-0.39, 0.29) is 17.7 Å². The first-order valence-electron chi connectivity index (χ1n) is 8.08. The standard InChI is InChI=1S/C17H22N4O2/c18-17(23)14-7-4-9-20(11-14)12-16(22)21-10-8-15(19-21)13-5-2-1-3-6-13/h1-3,5-6,14H,4,7-12H2,(H2,18,23)/t14-/m0/s1. The van der Waals surface area contributed by atoms with Crippen molar-refractivity contribution in [1.82, 2.24) is 9.91 Å². The van der Waals surface area contributed by atoms with E-state index in [2.05, 4.69) is 5.10 Å². The molecular formula is C17H22N4O2. The van der Waals surface area contributed by atoms with Crippen molar-refractivity contribution in [3.05, 3.63) is 35.9 Å². The molecule has 0 saturated carbocycles. The van der Waals surface area contributed by atoms with Crippen molar-refractivity contribution < 1.29 is 9.59 Å². The van der Waals surface area contributed by atoms with Gasteiger partial charge in [0.05, 0.1) is 24.7 Å². The van der Waals surface area contributed by atoms with Crippen molar-refractivity contribution in [2.75, 3.05) is 26.2 Å². The van der Waals surface area contributed by atoms with Crippen LogP contribution < -0.4 is 5.73 Å². The van der Waals surface area contributed by atoms with Gasteiger partial charge in [0.25, 0.3) is 5.91 Å². The van der Waals surface area contributed by atoms with Gasteiger partial charge in [0.2, 0.25) is 5.91 Å². The molecule has 2 aliphatic heterocycles. The second-order valence-corrected chi connectivity index (χ2v) is 6.16. The Labute approximate surface area is 135 Å². The zero-order valence-electron chi connectivity index (χ0n) is 13.1. The van der Waals surface area contributed by atoms with E-state index in [9.17, 15) is 9.59 Å². The van der Waals surface area contributed by atoms with E-state index in [4.69, 9.17) is 5.73 Å². The van der Waals surface area contributed by atoms with Crippen LogP contribution in [0.1, 0.15) is 24.8 Å². The van der Waals surface area contributed by atoms with Crippen molar-refractivity contribution in [2.45, 2.75) is 19.3 Å². The van der Waals surface area contributed by atoms with Gasteiger partial charge in [-0.15, -0.1) is 0 Å². The van der Waals surface area contributed by atoms with E-state index < -0.39 is 0 Å². The summed E-state index contributed by atoms with van der Waals surface area (Å²) in [7, 11) is 0. The third-order valence-electron chi connectivity index (χ3n) is 4.46. The Morgan fingerprint density at radius 1 is 1.22 bits per heavy atom. The van der Waals surface area contributed by atoms with Crippen molar-refractivity contribution in [3.63, 3.8) is 0 Å². The number of piperidine rings is 1. The summed E-state index contributed by atoms with van der Waals surface area (Å²) < 4.78 is 0. The summed E-state index contributed by atoms with van der Waals surface area (Å²) >= 11 is 0. The van der Waals surface area contributed by atoms with Gasteiger partial charge in [-0.2, -0.15) is 5.10 Å². The van der Waals surface area contributed by atoms with Crippen LogP contribution in [0.5, 0.6) is 0 Å². The molecule has 6 heteroatoms. The van der Waals surface area contributed by atoms with Gasteiger partial charge in [-0.05, 0) is 24.9 Å². The minimum absolute atomic E-state index is 0.0129. The zero-order valence-corrected chi connectivity index (χ0v) is 13.1. The zero-order chi connectivity index (χ0) is 16.2. The molecule has 0 aromatic heterocycles. The lowest BCUT2D eigenvalue weighted by Gasteiger charge is -2.31. The van der Waals surface area contributed by atoms with Gasteiger partial charge in [0.1, 0.15) is 0 Å². The molecule has 1 aromatic carbocycles. The first kappa shape index (κ1) is 15.7. The molecule has 1 atom stereocenters. The van der Waals surface area contributed by atoms with E-state index in [0.29, 0.717) is 19.6 Å². The summed E-state index contributed by atoms with van der Waals surface area (Å²) in [5.74, 6) is -0.424. The smallest absolute Gasteiger partial charge is 0.256 e. The molecule has 2 heterocycles. The van der Waals surface area contributed by atoms with Crippen molar-refractivity contribution in [3.8, 4) is 0 Å². The number of benzene rings is 1. The number of primary amides is 1. The van der Waals surface area contributed by atoms with E-state index in [1.807, 2.05) is 35.2 Å². The predicted molar refractivity (Wildman–Crippen MR) is 87.7 cm³/mol. The molecule has 1 aromatic rings. The van der Waals surface area contributed by atoms with Crippen LogP contribution in [0, 0.1) is 5.92 Å². The molecule has 2 aliphatic rings. The average Bonchev–Trinajstić information content (AvgIpc) is 3.06. The quantitative estimate of drug-likeness (QED) is 0.893. The Hall–Kier alpha value is -2.21. The Kier molecular flexibility index (Phi) is 4.71. The van der Waals surface area contributed by atoms with E-state index in [0.717, 1.165) is 37.1 Å². The number of carbonyl (C=O) groups is 2. The molecule has 1 fully saturated rings. The second-order valence-electron chi connectivity index (χ2n) is 6.16. The van der Waals surface area contributed by atoms with Gasteiger partial charge in [-0.1, -0.05) is 30.3 Å². The third kappa shape index (κ3) is 3.76.